The minimum atomic E-state index is -4.71. The van der Waals surface area contributed by atoms with Crippen molar-refractivity contribution in [1.29, 1.82) is 0 Å². The van der Waals surface area contributed by atoms with Crippen molar-refractivity contribution in [3.8, 4) is 0 Å². The molecule has 0 spiro atoms. The first-order valence-corrected chi connectivity index (χ1v) is 5.83. The van der Waals surface area contributed by atoms with Gasteiger partial charge in [-0.25, -0.2) is 4.79 Å². The van der Waals surface area contributed by atoms with Gasteiger partial charge in [-0.05, 0) is 18.8 Å². The second-order valence-electron chi connectivity index (χ2n) is 4.53. The van der Waals surface area contributed by atoms with Gasteiger partial charge < -0.3 is 4.98 Å². The molecule has 1 heterocycles. The second-order valence-corrected chi connectivity index (χ2v) is 4.53. The molecule has 1 aliphatic carbocycles. The number of rotatable bonds is 1. The molecule has 0 aromatic carbocycles. The Morgan fingerprint density at radius 1 is 1.00 bits per heavy atom. The van der Waals surface area contributed by atoms with Crippen LogP contribution in [-0.2, 0) is 6.18 Å². The molecular weight excluding hydrogens is 249 g/mol. The smallest absolute Gasteiger partial charge is 0.303 e. The molecule has 0 saturated heterocycles. The molecule has 0 unspecified atom stereocenters. The highest BCUT2D eigenvalue weighted by molar-refractivity contribution is 5.24. The van der Waals surface area contributed by atoms with Crippen molar-refractivity contribution in [1.82, 2.24) is 9.97 Å². The van der Waals surface area contributed by atoms with Crippen LogP contribution in [0, 0.1) is 0 Å². The number of nitrogens with one attached hydrogen (secondary N) is 2. The zero-order chi connectivity index (χ0) is 13.3. The average Bonchev–Trinajstić information content (AvgIpc) is 2.28. The molecule has 1 saturated carbocycles. The lowest BCUT2D eigenvalue weighted by molar-refractivity contribution is -0.142. The van der Waals surface area contributed by atoms with Crippen molar-refractivity contribution in [2.45, 2.75) is 44.2 Å². The van der Waals surface area contributed by atoms with Crippen LogP contribution in [-0.4, -0.2) is 9.97 Å². The minimum absolute atomic E-state index is 0.318. The maximum absolute atomic E-state index is 12.8. The maximum atomic E-state index is 12.8. The molecule has 0 atom stereocenters. The average molecular weight is 262 g/mol. The summed E-state index contributed by atoms with van der Waals surface area (Å²) in [6, 6.07) is 0. The Hall–Kier alpha value is -1.53. The van der Waals surface area contributed by atoms with E-state index in [0.717, 1.165) is 19.3 Å². The normalized spacial score (nSPS) is 17.9. The van der Waals surface area contributed by atoms with E-state index in [1.54, 1.807) is 4.98 Å². The molecule has 1 aliphatic rings. The van der Waals surface area contributed by atoms with E-state index in [-0.39, 0.29) is 5.56 Å². The number of hydrogen-bond acceptors (Lipinski definition) is 2. The molecule has 0 amide bonds. The lowest BCUT2D eigenvalue weighted by atomic mass is 9.83. The van der Waals surface area contributed by atoms with Gasteiger partial charge in [0.2, 0.25) is 0 Å². The third-order valence-electron chi connectivity index (χ3n) is 3.28. The topological polar surface area (TPSA) is 65.7 Å². The summed E-state index contributed by atoms with van der Waals surface area (Å²) in [5.41, 5.74) is -3.55. The summed E-state index contributed by atoms with van der Waals surface area (Å²) in [5, 5.41) is 0. The van der Waals surface area contributed by atoms with Gasteiger partial charge in [-0.15, -0.1) is 0 Å². The summed E-state index contributed by atoms with van der Waals surface area (Å²) >= 11 is 0. The summed E-state index contributed by atoms with van der Waals surface area (Å²) in [4.78, 5) is 26.2. The first-order valence-electron chi connectivity index (χ1n) is 5.83. The SMILES string of the molecule is O=c1[nH]c(C(F)(F)F)c(C2CCCCC2)c(=O)[nH]1. The molecular formula is C11H13F3N2O2. The highest BCUT2D eigenvalue weighted by Crippen LogP contribution is 2.37. The summed E-state index contributed by atoms with van der Waals surface area (Å²) in [5.74, 6) is -0.420. The van der Waals surface area contributed by atoms with Crippen molar-refractivity contribution >= 4 is 0 Å². The molecule has 7 heteroatoms. The van der Waals surface area contributed by atoms with E-state index in [2.05, 4.69) is 0 Å². The van der Waals surface area contributed by atoms with E-state index in [1.807, 2.05) is 4.98 Å². The highest BCUT2D eigenvalue weighted by atomic mass is 19.4. The van der Waals surface area contributed by atoms with E-state index < -0.39 is 29.0 Å². The van der Waals surface area contributed by atoms with Gasteiger partial charge in [0.1, 0.15) is 5.69 Å². The van der Waals surface area contributed by atoms with E-state index >= 15 is 0 Å². The quantitative estimate of drug-likeness (QED) is 0.814. The number of hydrogen-bond donors (Lipinski definition) is 2. The van der Waals surface area contributed by atoms with Crippen LogP contribution in [0.4, 0.5) is 13.2 Å². The zero-order valence-corrected chi connectivity index (χ0v) is 9.56. The largest absolute Gasteiger partial charge is 0.431 e. The highest BCUT2D eigenvalue weighted by Gasteiger charge is 2.38. The summed E-state index contributed by atoms with van der Waals surface area (Å²) in [6.07, 6.45) is -1.02. The Labute approximate surface area is 100 Å². The fourth-order valence-corrected chi connectivity index (χ4v) is 2.50. The summed E-state index contributed by atoms with van der Waals surface area (Å²) < 4.78 is 38.5. The van der Waals surface area contributed by atoms with Gasteiger partial charge in [-0.2, -0.15) is 13.2 Å². The number of halogens is 3. The predicted molar refractivity (Wildman–Crippen MR) is 58.5 cm³/mol. The Morgan fingerprint density at radius 2 is 1.61 bits per heavy atom. The molecule has 0 radical (unpaired) electrons. The van der Waals surface area contributed by atoms with Crippen molar-refractivity contribution in [2.75, 3.05) is 0 Å². The molecule has 100 valence electrons. The predicted octanol–water partition coefficient (Wildman–Crippen LogP) is 2.13. The molecule has 18 heavy (non-hydrogen) atoms. The van der Waals surface area contributed by atoms with Gasteiger partial charge in [0, 0.05) is 5.56 Å². The second kappa shape index (κ2) is 4.62. The summed E-state index contributed by atoms with van der Waals surface area (Å²) in [6.45, 7) is 0. The van der Waals surface area contributed by atoms with Crippen molar-refractivity contribution in [3.63, 3.8) is 0 Å². The van der Waals surface area contributed by atoms with Gasteiger partial charge in [-0.1, -0.05) is 19.3 Å². The number of aromatic amines is 2. The van der Waals surface area contributed by atoms with Gasteiger partial charge in [0.15, 0.2) is 0 Å². The van der Waals surface area contributed by atoms with Crippen LogP contribution < -0.4 is 11.2 Å². The van der Waals surface area contributed by atoms with Crippen LogP contribution in [0.25, 0.3) is 0 Å². The Balaban J connectivity index is 2.57. The summed E-state index contributed by atoms with van der Waals surface area (Å²) in [7, 11) is 0. The number of alkyl halides is 3. The molecule has 2 N–H and O–H groups in total. The van der Waals surface area contributed by atoms with Crippen LogP contribution in [0.2, 0.25) is 0 Å². The van der Waals surface area contributed by atoms with Crippen LogP contribution in [0.1, 0.15) is 49.3 Å². The molecule has 0 bridgehead atoms. The van der Waals surface area contributed by atoms with Gasteiger partial charge in [-0.3, -0.25) is 9.78 Å². The maximum Gasteiger partial charge on any atom is 0.431 e. The zero-order valence-electron chi connectivity index (χ0n) is 9.56. The van der Waals surface area contributed by atoms with Crippen LogP contribution >= 0.6 is 0 Å². The third kappa shape index (κ3) is 2.49. The number of aromatic nitrogens is 2. The molecule has 4 nitrogen and oxygen atoms in total. The first-order chi connectivity index (χ1) is 8.39. The molecule has 1 aromatic rings. The van der Waals surface area contributed by atoms with E-state index in [9.17, 15) is 22.8 Å². The molecule has 1 fully saturated rings. The van der Waals surface area contributed by atoms with Crippen LogP contribution in [0.15, 0.2) is 9.59 Å². The van der Waals surface area contributed by atoms with Crippen molar-refractivity contribution < 1.29 is 13.2 Å². The van der Waals surface area contributed by atoms with E-state index in [1.165, 1.54) is 0 Å². The standard InChI is InChI=1S/C11H13F3N2O2/c12-11(13,14)8-7(6-4-2-1-3-5-6)9(17)16-10(18)15-8/h6H,1-5H2,(H2,15,16,17,18). The molecule has 2 rings (SSSR count). The Bertz CT molecular complexity index is 538. The lowest BCUT2D eigenvalue weighted by Crippen LogP contribution is -2.33. The Morgan fingerprint density at radius 3 is 2.17 bits per heavy atom. The van der Waals surface area contributed by atoms with Gasteiger partial charge in [0.05, 0.1) is 0 Å². The fraction of sp³-hybridized carbons (Fsp3) is 0.636. The van der Waals surface area contributed by atoms with Crippen LogP contribution in [0.5, 0.6) is 0 Å². The molecule has 1 aromatic heterocycles. The van der Waals surface area contributed by atoms with Crippen LogP contribution in [0.3, 0.4) is 0 Å². The monoisotopic (exact) mass is 262 g/mol. The third-order valence-corrected chi connectivity index (χ3v) is 3.28. The van der Waals surface area contributed by atoms with Crippen molar-refractivity contribution in [3.05, 3.63) is 32.1 Å². The van der Waals surface area contributed by atoms with Crippen molar-refractivity contribution in [2.24, 2.45) is 0 Å². The van der Waals surface area contributed by atoms with E-state index in [0.29, 0.717) is 12.8 Å². The fourth-order valence-electron chi connectivity index (χ4n) is 2.50. The lowest BCUT2D eigenvalue weighted by Gasteiger charge is -2.23. The first kappa shape index (κ1) is 12.9. The minimum Gasteiger partial charge on any atom is -0.303 e. The van der Waals surface area contributed by atoms with E-state index in [4.69, 9.17) is 0 Å². The van der Waals surface area contributed by atoms with Gasteiger partial charge >= 0.3 is 11.9 Å². The Kier molecular flexibility index (Phi) is 3.32. The molecule has 0 aliphatic heterocycles. The van der Waals surface area contributed by atoms with Gasteiger partial charge in [0.25, 0.3) is 5.56 Å². The number of H-pyrrole nitrogens is 2.